The molecule has 2 atom stereocenters. The zero-order valence-corrected chi connectivity index (χ0v) is 12.2. The van der Waals surface area contributed by atoms with E-state index in [0.717, 1.165) is 36.9 Å². The summed E-state index contributed by atoms with van der Waals surface area (Å²) in [6.45, 7) is 6.16. The smallest absolute Gasteiger partial charge is 0.205 e. The zero-order chi connectivity index (χ0) is 13.0. The third-order valence-corrected chi connectivity index (χ3v) is 4.63. The highest BCUT2D eigenvalue weighted by Gasteiger charge is 2.32. The van der Waals surface area contributed by atoms with Crippen molar-refractivity contribution in [1.82, 2.24) is 9.36 Å². The lowest BCUT2D eigenvalue weighted by Crippen LogP contribution is -2.40. The van der Waals surface area contributed by atoms with E-state index in [2.05, 4.69) is 28.1 Å². The Labute approximate surface area is 114 Å². The molecule has 0 saturated heterocycles. The van der Waals surface area contributed by atoms with E-state index in [9.17, 15) is 0 Å². The second-order valence-electron chi connectivity index (χ2n) is 5.02. The van der Waals surface area contributed by atoms with Gasteiger partial charge in [-0.1, -0.05) is 13.3 Å². The van der Waals surface area contributed by atoms with E-state index in [1.807, 2.05) is 0 Å². The van der Waals surface area contributed by atoms with Crippen molar-refractivity contribution in [3.05, 3.63) is 5.82 Å². The molecule has 5 heteroatoms. The Hall–Kier alpha value is -0.680. The van der Waals surface area contributed by atoms with E-state index in [0.29, 0.717) is 12.0 Å². The molecule has 0 aliphatic heterocycles. The van der Waals surface area contributed by atoms with E-state index in [1.165, 1.54) is 19.3 Å². The number of nitrogens with two attached hydrogens (primary N) is 1. The number of aromatic nitrogens is 2. The second-order valence-corrected chi connectivity index (χ2v) is 5.75. The van der Waals surface area contributed by atoms with Gasteiger partial charge in [-0.25, -0.2) is 4.98 Å². The topological polar surface area (TPSA) is 55.0 Å². The van der Waals surface area contributed by atoms with Crippen molar-refractivity contribution in [2.45, 2.75) is 52.0 Å². The Kier molecular flexibility index (Phi) is 4.95. The number of hydrogen-bond acceptors (Lipinski definition) is 5. The lowest BCUT2D eigenvalue weighted by Gasteiger charge is -2.31. The highest BCUT2D eigenvalue weighted by atomic mass is 32.1. The SMILES string of the molecule is CCCc1nsc(N(CC)C2CCCC2CN)n1. The van der Waals surface area contributed by atoms with Gasteiger partial charge in [0.1, 0.15) is 5.82 Å². The molecule has 0 bridgehead atoms. The summed E-state index contributed by atoms with van der Waals surface area (Å²) in [5.74, 6) is 1.63. The van der Waals surface area contributed by atoms with Crippen molar-refractivity contribution >= 4 is 16.7 Å². The molecule has 102 valence electrons. The molecule has 1 fully saturated rings. The number of anilines is 1. The van der Waals surface area contributed by atoms with Crippen LogP contribution in [0, 0.1) is 5.92 Å². The lowest BCUT2D eigenvalue weighted by atomic mass is 10.0. The molecule has 4 nitrogen and oxygen atoms in total. The summed E-state index contributed by atoms with van der Waals surface area (Å²) < 4.78 is 4.45. The van der Waals surface area contributed by atoms with E-state index in [-0.39, 0.29) is 0 Å². The molecule has 2 rings (SSSR count). The molecule has 18 heavy (non-hydrogen) atoms. The van der Waals surface area contributed by atoms with Crippen LogP contribution in [-0.4, -0.2) is 28.5 Å². The molecular formula is C13H24N4S. The zero-order valence-electron chi connectivity index (χ0n) is 11.4. The molecule has 1 saturated carbocycles. The van der Waals surface area contributed by atoms with Crippen LogP contribution in [0.25, 0.3) is 0 Å². The largest absolute Gasteiger partial charge is 0.344 e. The minimum absolute atomic E-state index is 0.572. The molecule has 0 amide bonds. The van der Waals surface area contributed by atoms with E-state index in [4.69, 9.17) is 5.73 Å². The average Bonchev–Trinajstić information content (AvgIpc) is 3.00. The van der Waals surface area contributed by atoms with Crippen LogP contribution in [0.2, 0.25) is 0 Å². The van der Waals surface area contributed by atoms with Crippen LogP contribution in [0.5, 0.6) is 0 Å². The van der Waals surface area contributed by atoms with Gasteiger partial charge in [-0.3, -0.25) is 0 Å². The third-order valence-electron chi connectivity index (χ3n) is 3.84. The maximum Gasteiger partial charge on any atom is 0.205 e. The normalized spacial score (nSPS) is 23.5. The van der Waals surface area contributed by atoms with E-state index >= 15 is 0 Å². The molecule has 1 aromatic heterocycles. The molecule has 1 aromatic rings. The fourth-order valence-corrected chi connectivity index (χ4v) is 3.74. The van der Waals surface area contributed by atoms with E-state index in [1.54, 1.807) is 11.5 Å². The Morgan fingerprint density at radius 2 is 2.22 bits per heavy atom. The summed E-state index contributed by atoms with van der Waals surface area (Å²) in [6.07, 6.45) is 5.90. The van der Waals surface area contributed by atoms with Crippen molar-refractivity contribution in [2.24, 2.45) is 11.7 Å². The summed E-state index contributed by atoms with van der Waals surface area (Å²) >= 11 is 1.55. The second kappa shape index (κ2) is 6.48. The van der Waals surface area contributed by atoms with Crippen molar-refractivity contribution in [1.29, 1.82) is 0 Å². The molecular weight excluding hydrogens is 244 g/mol. The summed E-state index contributed by atoms with van der Waals surface area (Å²) in [5, 5.41) is 1.09. The Balaban J connectivity index is 2.11. The molecule has 2 unspecified atom stereocenters. The summed E-state index contributed by atoms with van der Waals surface area (Å²) in [4.78, 5) is 7.10. The van der Waals surface area contributed by atoms with Crippen LogP contribution >= 0.6 is 11.5 Å². The van der Waals surface area contributed by atoms with Crippen LogP contribution in [0.1, 0.15) is 45.4 Å². The standard InChI is InChI=1S/C13H24N4S/c1-3-6-12-15-13(18-16-12)17(4-2)11-8-5-7-10(11)9-14/h10-11H,3-9,14H2,1-2H3. The third kappa shape index (κ3) is 2.83. The average molecular weight is 268 g/mol. The van der Waals surface area contributed by atoms with Gasteiger partial charge in [0.25, 0.3) is 0 Å². The quantitative estimate of drug-likeness (QED) is 0.861. The van der Waals surface area contributed by atoms with Crippen molar-refractivity contribution in [3.63, 3.8) is 0 Å². The predicted molar refractivity (Wildman–Crippen MR) is 77.1 cm³/mol. The van der Waals surface area contributed by atoms with Crippen LogP contribution in [0.3, 0.4) is 0 Å². The first-order valence-corrected chi connectivity index (χ1v) is 7.86. The fourth-order valence-electron chi connectivity index (χ4n) is 2.90. The molecule has 0 aromatic carbocycles. The fraction of sp³-hybridized carbons (Fsp3) is 0.846. The lowest BCUT2D eigenvalue weighted by molar-refractivity contribution is 0.461. The van der Waals surface area contributed by atoms with Gasteiger partial charge in [-0.2, -0.15) is 4.37 Å². The van der Waals surface area contributed by atoms with Gasteiger partial charge in [0.2, 0.25) is 5.13 Å². The molecule has 0 radical (unpaired) electrons. The van der Waals surface area contributed by atoms with Crippen LogP contribution in [0.15, 0.2) is 0 Å². The molecule has 2 N–H and O–H groups in total. The number of rotatable bonds is 6. The highest BCUT2D eigenvalue weighted by molar-refractivity contribution is 7.09. The maximum atomic E-state index is 5.89. The minimum atomic E-state index is 0.572. The van der Waals surface area contributed by atoms with Gasteiger partial charge in [-0.05, 0) is 38.6 Å². The maximum absolute atomic E-state index is 5.89. The summed E-state index contributed by atoms with van der Waals surface area (Å²) in [5.41, 5.74) is 5.89. The van der Waals surface area contributed by atoms with Crippen LogP contribution < -0.4 is 10.6 Å². The van der Waals surface area contributed by atoms with Gasteiger partial charge in [0.05, 0.1) is 0 Å². The monoisotopic (exact) mass is 268 g/mol. The van der Waals surface area contributed by atoms with Crippen molar-refractivity contribution in [2.75, 3.05) is 18.0 Å². The van der Waals surface area contributed by atoms with Gasteiger partial charge in [0.15, 0.2) is 0 Å². The summed E-state index contributed by atoms with van der Waals surface area (Å²) in [7, 11) is 0. The number of nitrogens with zero attached hydrogens (tertiary/aromatic N) is 3. The Morgan fingerprint density at radius 1 is 1.39 bits per heavy atom. The minimum Gasteiger partial charge on any atom is -0.344 e. The number of aryl methyl sites for hydroxylation is 1. The highest BCUT2D eigenvalue weighted by Crippen LogP contribution is 2.33. The molecule has 0 spiro atoms. The van der Waals surface area contributed by atoms with E-state index < -0.39 is 0 Å². The predicted octanol–water partition coefficient (Wildman–Crippen LogP) is 2.44. The first-order valence-electron chi connectivity index (χ1n) is 7.09. The molecule has 1 heterocycles. The number of hydrogen-bond donors (Lipinski definition) is 1. The van der Waals surface area contributed by atoms with Crippen molar-refractivity contribution in [3.8, 4) is 0 Å². The molecule has 1 aliphatic rings. The molecule has 1 aliphatic carbocycles. The van der Waals surface area contributed by atoms with Gasteiger partial charge in [-0.15, -0.1) is 0 Å². The van der Waals surface area contributed by atoms with Crippen LogP contribution in [0.4, 0.5) is 5.13 Å². The first kappa shape index (κ1) is 13.7. The van der Waals surface area contributed by atoms with Gasteiger partial charge in [0, 0.05) is 30.5 Å². The van der Waals surface area contributed by atoms with Gasteiger partial charge < -0.3 is 10.6 Å². The summed E-state index contributed by atoms with van der Waals surface area (Å²) in [6, 6.07) is 0.572. The Bertz CT molecular complexity index is 366. The van der Waals surface area contributed by atoms with Crippen LogP contribution in [-0.2, 0) is 6.42 Å². The van der Waals surface area contributed by atoms with Gasteiger partial charge >= 0.3 is 0 Å². The Morgan fingerprint density at radius 3 is 2.89 bits per heavy atom. The van der Waals surface area contributed by atoms with Crippen molar-refractivity contribution < 1.29 is 0 Å². The first-order chi connectivity index (χ1) is 8.80.